The fourth-order valence-corrected chi connectivity index (χ4v) is 9.16. The minimum Gasteiger partial charge on any atom is -0.277 e. The van der Waals surface area contributed by atoms with E-state index in [0.29, 0.717) is 17.6 Å². The second-order valence-electron chi connectivity index (χ2n) is 13.6. The number of benzene rings is 7. The van der Waals surface area contributed by atoms with Gasteiger partial charge in [-0.25, -0.2) is 4.98 Å². The maximum absolute atomic E-state index is 5.35. The fourth-order valence-electron chi connectivity index (χ4n) is 7.90. The molecule has 0 atom stereocenters. The van der Waals surface area contributed by atoms with Gasteiger partial charge in [0, 0.05) is 32.0 Å². The van der Waals surface area contributed by atoms with E-state index in [2.05, 4.69) is 152 Å². The number of rotatable bonds is 4. The van der Waals surface area contributed by atoms with Crippen LogP contribution in [0.2, 0.25) is 0 Å². The summed E-state index contributed by atoms with van der Waals surface area (Å²) in [4.78, 5) is 18.1. The Kier molecular flexibility index (Phi) is 6.67. The summed E-state index contributed by atoms with van der Waals surface area (Å²) in [6, 6.07) is 55.6. The summed E-state index contributed by atoms with van der Waals surface area (Å²) in [6.07, 6.45) is 0. The van der Waals surface area contributed by atoms with E-state index in [9.17, 15) is 0 Å². The molecule has 1 aliphatic heterocycles. The van der Waals surface area contributed by atoms with E-state index in [0.717, 1.165) is 28.1 Å². The van der Waals surface area contributed by atoms with Crippen LogP contribution < -0.4 is 4.90 Å². The summed E-state index contributed by atoms with van der Waals surface area (Å²) in [6.45, 7) is 4.71. The molecule has 0 unspecified atom stereocenters. The lowest BCUT2D eigenvalue weighted by molar-refractivity contribution is 0.638. The van der Waals surface area contributed by atoms with Crippen LogP contribution in [0.25, 0.3) is 64.8 Å². The summed E-state index contributed by atoms with van der Waals surface area (Å²) in [5, 5.41) is 5.07. The van der Waals surface area contributed by atoms with Gasteiger partial charge in [0.15, 0.2) is 11.6 Å². The van der Waals surface area contributed by atoms with Gasteiger partial charge in [0.2, 0.25) is 5.95 Å². The Hall–Kier alpha value is -6.17. The molecule has 2 aromatic heterocycles. The molecule has 10 rings (SSSR count). The molecule has 3 heterocycles. The van der Waals surface area contributed by atoms with E-state index in [4.69, 9.17) is 15.0 Å². The summed E-state index contributed by atoms with van der Waals surface area (Å²) < 4.78 is 2.50. The highest BCUT2D eigenvalue weighted by Crippen LogP contribution is 2.58. The monoisotopic (exact) mass is 672 g/mol. The smallest absolute Gasteiger partial charge is 0.238 e. The van der Waals surface area contributed by atoms with Gasteiger partial charge in [-0.2, -0.15) is 9.97 Å². The van der Waals surface area contributed by atoms with Crippen LogP contribution in [0.15, 0.2) is 158 Å². The van der Waals surface area contributed by atoms with Crippen molar-refractivity contribution in [3.63, 3.8) is 0 Å². The molecule has 0 bridgehead atoms. The first-order valence-electron chi connectivity index (χ1n) is 17.3. The largest absolute Gasteiger partial charge is 0.277 e. The number of hydrogen-bond acceptors (Lipinski definition) is 5. The van der Waals surface area contributed by atoms with E-state index in [-0.39, 0.29) is 5.41 Å². The molecule has 5 heteroatoms. The summed E-state index contributed by atoms with van der Waals surface area (Å²) in [7, 11) is 0. The zero-order valence-corrected chi connectivity index (χ0v) is 29.0. The molecule has 4 nitrogen and oxygen atoms in total. The van der Waals surface area contributed by atoms with Crippen molar-refractivity contribution >= 4 is 59.6 Å². The van der Waals surface area contributed by atoms with E-state index in [1.807, 2.05) is 35.6 Å². The zero-order chi connectivity index (χ0) is 34.1. The molecular formula is C46H32N4S. The Bertz CT molecular complexity index is 2770. The first-order valence-corrected chi connectivity index (χ1v) is 18.1. The van der Waals surface area contributed by atoms with Crippen molar-refractivity contribution in [2.24, 2.45) is 0 Å². The summed E-state index contributed by atoms with van der Waals surface area (Å²) in [5.41, 5.74) is 8.66. The van der Waals surface area contributed by atoms with Crippen LogP contribution in [-0.4, -0.2) is 15.0 Å². The van der Waals surface area contributed by atoms with Gasteiger partial charge in [0.1, 0.15) is 0 Å². The first kappa shape index (κ1) is 29.7. The SMILES string of the molecule is CC1(C)c2ccccc2N(c2nc(-c3ccccc3)nc(-c3ccc(-c4ccccc4)cc3)n2)c2c1c1ccccc1c1c2sc2ccccc21. The molecule has 0 amide bonds. The van der Waals surface area contributed by atoms with Gasteiger partial charge in [0.25, 0.3) is 0 Å². The second-order valence-corrected chi connectivity index (χ2v) is 14.7. The van der Waals surface area contributed by atoms with Crippen LogP contribution in [-0.2, 0) is 5.41 Å². The van der Waals surface area contributed by atoms with Gasteiger partial charge in [-0.15, -0.1) is 11.3 Å². The average molecular weight is 673 g/mol. The van der Waals surface area contributed by atoms with Gasteiger partial charge in [0.05, 0.1) is 16.1 Å². The minimum atomic E-state index is -0.294. The van der Waals surface area contributed by atoms with Crippen molar-refractivity contribution < 1.29 is 0 Å². The van der Waals surface area contributed by atoms with Crippen LogP contribution in [0, 0.1) is 0 Å². The molecule has 242 valence electrons. The van der Waals surface area contributed by atoms with Crippen molar-refractivity contribution in [1.82, 2.24) is 15.0 Å². The zero-order valence-electron chi connectivity index (χ0n) is 28.2. The molecule has 0 spiro atoms. The molecule has 0 aliphatic carbocycles. The summed E-state index contributed by atoms with van der Waals surface area (Å²) >= 11 is 1.85. The predicted octanol–water partition coefficient (Wildman–Crippen LogP) is 12.5. The second kappa shape index (κ2) is 11.4. The van der Waals surface area contributed by atoms with Crippen molar-refractivity contribution in [2.75, 3.05) is 4.90 Å². The van der Waals surface area contributed by atoms with Gasteiger partial charge < -0.3 is 0 Å². The lowest BCUT2D eigenvalue weighted by Crippen LogP contribution is -2.32. The van der Waals surface area contributed by atoms with E-state index < -0.39 is 0 Å². The minimum absolute atomic E-state index is 0.294. The lowest BCUT2D eigenvalue weighted by atomic mass is 9.71. The highest BCUT2D eigenvalue weighted by Gasteiger charge is 2.41. The molecular weight excluding hydrogens is 641 g/mol. The van der Waals surface area contributed by atoms with Gasteiger partial charge in [-0.3, -0.25) is 4.90 Å². The molecule has 0 saturated carbocycles. The molecule has 9 aromatic rings. The quantitative estimate of drug-likeness (QED) is 0.187. The van der Waals surface area contributed by atoms with E-state index >= 15 is 0 Å². The third-order valence-electron chi connectivity index (χ3n) is 10.3. The van der Waals surface area contributed by atoms with Crippen molar-refractivity contribution in [1.29, 1.82) is 0 Å². The Morgan fingerprint density at radius 2 is 1.02 bits per heavy atom. The van der Waals surface area contributed by atoms with Crippen LogP contribution >= 0.6 is 11.3 Å². The Labute approximate surface area is 300 Å². The number of hydrogen-bond donors (Lipinski definition) is 0. The predicted molar refractivity (Wildman–Crippen MR) is 213 cm³/mol. The van der Waals surface area contributed by atoms with E-state index in [1.54, 1.807) is 0 Å². The normalized spacial score (nSPS) is 13.4. The topological polar surface area (TPSA) is 41.9 Å². The maximum Gasteiger partial charge on any atom is 0.238 e. The fraction of sp³-hybridized carbons (Fsp3) is 0.0652. The Balaban J connectivity index is 1.29. The van der Waals surface area contributed by atoms with Gasteiger partial charge >= 0.3 is 0 Å². The number of nitrogens with zero attached hydrogens (tertiary/aromatic N) is 4. The van der Waals surface area contributed by atoms with Crippen LogP contribution in [0.5, 0.6) is 0 Å². The lowest BCUT2D eigenvalue weighted by Gasteiger charge is -2.42. The number of para-hydroxylation sites is 1. The number of fused-ring (bicyclic) bond motifs is 9. The van der Waals surface area contributed by atoms with Crippen LogP contribution in [0.4, 0.5) is 17.3 Å². The number of anilines is 3. The highest BCUT2D eigenvalue weighted by atomic mass is 32.1. The molecule has 1 aliphatic rings. The highest BCUT2D eigenvalue weighted by molar-refractivity contribution is 7.26. The molecule has 7 aromatic carbocycles. The molecule has 0 radical (unpaired) electrons. The number of aromatic nitrogens is 3. The van der Waals surface area contributed by atoms with E-state index in [1.165, 1.54) is 47.6 Å². The molecule has 0 N–H and O–H groups in total. The Morgan fingerprint density at radius 3 is 1.75 bits per heavy atom. The summed E-state index contributed by atoms with van der Waals surface area (Å²) in [5.74, 6) is 1.87. The van der Waals surface area contributed by atoms with Gasteiger partial charge in [-0.05, 0) is 45.2 Å². The van der Waals surface area contributed by atoms with Crippen molar-refractivity contribution in [3.8, 4) is 33.9 Å². The standard InChI is InChI=1S/C46H32N4S/c1-46(2)36-22-12-13-23-37(36)50(41-40(46)34-20-10-9-19-33(34)39-35-21-11-14-24-38(35)51-42(39)41)45-48-43(31-17-7-4-8-18-31)47-44(49-45)32-27-25-30(26-28-32)29-15-5-3-6-16-29/h3-28H,1-2H3. The van der Waals surface area contributed by atoms with Crippen molar-refractivity contribution in [3.05, 3.63) is 169 Å². The third kappa shape index (κ3) is 4.62. The van der Waals surface area contributed by atoms with Crippen LogP contribution in [0.1, 0.15) is 25.0 Å². The Morgan fingerprint density at radius 1 is 0.490 bits per heavy atom. The van der Waals surface area contributed by atoms with Gasteiger partial charge in [-0.1, -0.05) is 159 Å². The van der Waals surface area contributed by atoms with Crippen molar-refractivity contribution in [2.45, 2.75) is 19.3 Å². The maximum atomic E-state index is 5.35. The molecule has 0 saturated heterocycles. The average Bonchev–Trinajstić information content (AvgIpc) is 3.59. The molecule has 51 heavy (non-hydrogen) atoms. The van der Waals surface area contributed by atoms with Crippen LogP contribution in [0.3, 0.4) is 0 Å². The first-order chi connectivity index (χ1) is 25.1. The molecule has 0 fully saturated rings. The number of thiophene rings is 1. The third-order valence-corrected chi connectivity index (χ3v) is 11.5.